The minimum absolute atomic E-state index is 0.137. The highest BCUT2D eigenvalue weighted by atomic mass is 32.2. The summed E-state index contributed by atoms with van der Waals surface area (Å²) in [5.41, 5.74) is 1.62. The minimum Gasteiger partial charge on any atom is -0.494 e. The van der Waals surface area contributed by atoms with Crippen LogP contribution in [0.25, 0.3) is 0 Å². The summed E-state index contributed by atoms with van der Waals surface area (Å²) in [6.45, 7) is 5.83. The number of anilines is 1. The molecule has 1 unspecified atom stereocenters. The first-order chi connectivity index (χ1) is 17.0. The number of benzene rings is 2. The molecule has 0 aromatic heterocycles. The smallest absolute Gasteiger partial charge is 0.247 e. The maximum atomic E-state index is 13.1. The van der Waals surface area contributed by atoms with Crippen LogP contribution >= 0.6 is 11.8 Å². The minimum atomic E-state index is -0.516. The Morgan fingerprint density at radius 1 is 1.09 bits per heavy atom. The van der Waals surface area contributed by atoms with E-state index in [0.29, 0.717) is 48.5 Å². The molecular formula is C26H33N3O5S. The van der Waals surface area contributed by atoms with Crippen molar-refractivity contribution in [3.63, 3.8) is 0 Å². The molecule has 3 rings (SSSR count). The molecule has 2 amide bonds. The zero-order valence-electron chi connectivity index (χ0n) is 20.7. The van der Waals surface area contributed by atoms with Crippen LogP contribution in [0.4, 0.5) is 5.69 Å². The zero-order valence-corrected chi connectivity index (χ0v) is 21.5. The second kappa shape index (κ2) is 13.0. The van der Waals surface area contributed by atoms with Crippen molar-refractivity contribution in [3.05, 3.63) is 48.0 Å². The Kier molecular flexibility index (Phi) is 9.84. The standard InChI is InChI=1S/C26H33N3O5S/c1-5-15-34-20-10-8-19(9-11-20)29-24(30)17-23(25(29)31)35-26(27-6-2)28-14-13-18-7-12-21(32-3)22(16-18)33-4/h7-12,16,23H,5-6,13-15,17H2,1-4H3,(H,27,28). The van der Waals surface area contributed by atoms with Gasteiger partial charge in [0.2, 0.25) is 11.8 Å². The molecular weight excluding hydrogens is 466 g/mol. The Hall–Kier alpha value is -3.20. The largest absolute Gasteiger partial charge is 0.494 e. The fraction of sp³-hybridized carbons (Fsp3) is 0.423. The molecule has 35 heavy (non-hydrogen) atoms. The summed E-state index contributed by atoms with van der Waals surface area (Å²) in [7, 11) is 3.21. The van der Waals surface area contributed by atoms with E-state index >= 15 is 0 Å². The maximum Gasteiger partial charge on any atom is 0.247 e. The van der Waals surface area contributed by atoms with E-state index in [-0.39, 0.29) is 18.2 Å². The van der Waals surface area contributed by atoms with E-state index in [2.05, 4.69) is 10.3 Å². The number of rotatable bonds is 11. The molecule has 1 fully saturated rings. The highest BCUT2D eigenvalue weighted by molar-refractivity contribution is 8.15. The predicted molar refractivity (Wildman–Crippen MR) is 140 cm³/mol. The van der Waals surface area contributed by atoms with Crippen LogP contribution in [0.2, 0.25) is 0 Å². The summed E-state index contributed by atoms with van der Waals surface area (Å²) < 4.78 is 16.2. The van der Waals surface area contributed by atoms with E-state index < -0.39 is 5.25 Å². The third kappa shape index (κ3) is 6.91. The molecule has 0 saturated carbocycles. The van der Waals surface area contributed by atoms with E-state index in [1.807, 2.05) is 32.0 Å². The molecule has 8 nitrogen and oxygen atoms in total. The Morgan fingerprint density at radius 2 is 1.83 bits per heavy atom. The number of aliphatic imine (C=N–C) groups is 1. The number of amides is 2. The van der Waals surface area contributed by atoms with E-state index in [0.717, 1.165) is 17.7 Å². The number of carbonyl (C=O) groups excluding carboxylic acids is 2. The molecule has 0 bridgehead atoms. The molecule has 188 valence electrons. The molecule has 2 aromatic carbocycles. The highest BCUT2D eigenvalue weighted by Gasteiger charge is 2.40. The predicted octanol–water partition coefficient (Wildman–Crippen LogP) is 4.07. The van der Waals surface area contributed by atoms with Gasteiger partial charge in [0.25, 0.3) is 0 Å². The third-order valence-electron chi connectivity index (χ3n) is 5.36. The molecule has 1 saturated heterocycles. The van der Waals surface area contributed by atoms with Gasteiger partial charge in [-0.25, -0.2) is 4.90 Å². The fourth-order valence-corrected chi connectivity index (χ4v) is 4.72. The number of carbonyl (C=O) groups is 2. The number of nitrogens with one attached hydrogen (secondary N) is 1. The summed E-state index contributed by atoms with van der Waals surface area (Å²) >= 11 is 1.31. The molecule has 1 heterocycles. The summed E-state index contributed by atoms with van der Waals surface area (Å²) in [4.78, 5) is 31.7. The first kappa shape index (κ1) is 26.4. The van der Waals surface area contributed by atoms with Gasteiger partial charge in [0.1, 0.15) is 11.0 Å². The first-order valence-electron chi connectivity index (χ1n) is 11.8. The van der Waals surface area contributed by atoms with Crippen LogP contribution in [0.5, 0.6) is 17.2 Å². The topological polar surface area (TPSA) is 89.5 Å². The van der Waals surface area contributed by atoms with Crippen LogP contribution in [-0.4, -0.2) is 56.1 Å². The van der Waals surface area contributed by atoms with Gasteiger partial charge in [0, 0.05) is 19.5 Å². The molecule has 0 spiro atoms. The van der Waals surface area contributed by atoms with Gasteiger partial charge in [0.05, 0.1) is 26.5 Å². The van der Waals surface area contributed by atoms with Gasteiger partial charge in [0.15, 0.2) is 16.7 Å². The van der Waals surface area contributed by atoms with Crippen molar-refractivity contribution in [1.82, 2.24) is 5.32 Å². The third-order valence-corrected chi connectivity index (χ3v) is 6.51. The molecule has 0 radical (unpaired) electrons. The molecule has 1 N–H and O–H groups in total. The fourth-order valence-electron chi connectivity index (χ4n) is 3.62. The average Bonchev–Trinajstić information content (AvgIpc) is 3.15. The van der Waals surface area contributed by atoms with E-state index in [1.165, 1.54) is 16.7 Å². The zero-order chi connectivity index (χ0) is 25.2. The van der Waals surface area contributed by atoms with Crippen molar-refractivity contribution >= 4 is 34.4 Å². The quantitative estimate of drug-likeness (QED) is 0.283. The second-order valence-electron chi connectivity index (χ2n) is 7.88. The van der Waals surface area contributed by atoms with Crippen LogP contribution in [0.3, 0.4) is 0 Å². The van der Waals surface area contributed by atoms with Crippen molar-refractivity contribution in [1.29, 1.82) is 0 Å². The Bertz CT molecular complexity index is 1040. The lowest BCUT2D eigenvalue weighted by molar-refractivity contribution is -0.121. The number of amidine groups is 1. The lowest BCUT2D eigenvalue weighted by Crippen LogP contribution is -2.32. The lowest BCUT2D eigenvalue weighted by atomic mass is 10.1. The average molecular weight is 500 g/mol. The number of ether oxygens (including phenoxy) is 3. The van der Waals surface area contributed by atoms with E-state index in [9.17, 15) is 9.59 Å². The van der Waals surface area contributed by atoms with E-state index in [4.69, 9.17) is 14.2 Å². The highest BCUT2D eigenvalue weighted by Crippen LogP contribution is 2.31. The number of thioether (sulfide) groups is 1. The Balaban J connectivity index is 1.63. The number of imide groups is 1. The van der Waals surface area contributed by atoms with Crippen LogP contribution in [-0.2, 0) is 16.0 Å². The summed E-state index contributed by atoms with van der Waals surface area (Å²) in [5.74, 6) is 1.64. The van der Waals surface area contributed by atoms with Crippen LogP contribution in [0.1, 0.15) is 32.3 Å². The van der Waals surface area contributed by atoms with Gasteiger partial charge in [-0.15, -0.1) is 0 Å². The van der Waals surface area contributed by atoms with Crippen molar-refractivity contribution < 1.29 is 23.8 Å². The van der Waals surface area contributed by atoms with E-state index in [1.54, 1.807) is 38.5 Å². The van der Waals surface area contributed by atoms with Crippen LogP contribution < -0.4 is 24.4 Å². The van der Waals surface area contributed by atoms with Crippen molar-refractivity contribution in [2.75, 3.05) is 38.8 Å². The van der Waals surface area contributed by atoms with Crippen LogP contribution in [0.15, 0.2) is 47.5 Å². The summed E-state index contributed by atoms with van der Waals surface area (Å²) in [6, 6.07) is 12.8. The van der Waals surface area contributed by atoms with Crippen molar-refractivity contribution in [2.45, 2.75) is 38.4 Å². The SMILES string of the molecule is CCCOc1ccc(N2C(=O)CC(SC(=NCCc3ccc(OC)c(OC)c3)NCC)C2=O)cc1. The maximum absolute atomic E-state index is 13.1. The van der Waals surface area contributed by atoms with Crippen LogP contribution in [0, 0.1) is 0 Å². The van der Waals surface area contributed by atoms with Gasteiger partial charge >= 0.3 is 0 Å². The molecule has 9 heteroatoms. The Morgan fingerprint density at radius 3 is 2.49 bits per heavy atom. The van der Waals surface area contributed by atoms with Gasteiger partial charge in [-0.2, -0.15) is 0 Å². The van der Waals surface area contributed by atoms with Gasteiger partial charge < -0.3 is 19.5 Å². The molecule has 1 aliphatic heterocycles. The summed E-state index contributed by atoms with van der Waals surface area (Å²) in [5, 5.41) is 3.36. The molecule has 1 aliphatic rings. The Labute approximate surface area is 211 Å². The normalized spacial score (nSPS) is 15.9. The first-order valence-corrected chi connectivity index (χ1v) is 12.6. The molecule has 1 atom stereocenters. The monoisotopic (exact) mass is 499 g/mol. The van der Waals surface area contributed by atoms with Gasteiger partial charge in [-0.05, 0) is 61.7 Å². The number of nitrogens with zero attached hydrogens (tertiary/aromatic N) is 2. The van der Waals surface area contributed by atoms with Gasteiger partial charge in [-0.3, -0.25) is 14.6 Å². The number of hydrogen-bond donors (Lipinski definition) is 1. The second-order valence-corrected chi connectivity index (χ2v) is 9.07. The van der Waals surface area contributed by atoms with Crippen molar-refractivity contribution in [3.8, 4) is 17.2 Å². The molecule has 0 aliphatic carbocycles. The van der Waals surface area contributed by atoms with Crippen molar-refractivity contribution in [2.24, 2.45) is 4.99 Å². The number of hydrogen-bond acceptors (Lipinski definition) is 7. The number of methoxy groups -OCH3 is 2. The summed E-state index contributed by atoms with van der Waals surface area (Å²) in [6.07, 6.45) is 1.75. The van der Waals surface area contributed by atoms with Gasteiger partial charge in [-0.1, -0.05) is 24.8 Å². The molecule has 2 aromatic rings. The lowest BCUT2D eigenvalue weighted by Gasteiger charge is -2.16.